The van der Waals surface area contributed by atoms with Crippen molar-refractivity contribution in [2.24, 2.45) is 5.73 Å². The molecule has 34 heavy (non-hydrogen) atoms. The lowest BCUT2D eigenvalue weighted by Crippen LogP contribution is -2.28. The number of ether oxygens (including phenoxy) is 1. The maximum absolute atomic E-state index is 12.4. The minimum absolute atomic E-state index is 0.356. The first-order valence-corrected chi connectivity index (χ1v) is 12.1. The summed E-state index contributed by atoms with van der Waals surface area (Å²) in [6, 6.07) is 15.2. The van der Waals surface area contributed by atoms with Gasteiger partial charge in [0.1, 0.15) is 17.2 Å². The number of imidazole rings is 1. The molecule has 174 valence electrons. The van der Waals surface area contributed by atoms with Crippen molar-refractivity contribution < 1.29 is 9.53 Å². The fourth-order valence-electron chi connectivity index (χ4n) is 4.56. The standard InChI is InChI=1S/C26H26BrN5O2/c1-2-13-31-14-11-17(12-15-31)22-16-29-32-24(25(28)33)23(30-26(22)32)18-3-7-20(8-4-18)34-21-9-5-19(27)6-10-21/h2-10,13,16-17,29H,11-12,14-15H2,1H3,(H2,28,33). The maximum Gasteiger partial charge on any atom is 0.269 e. The molecule has 0 unspecified atom stereocenters. The van der Waals surface area contributed by atoms with E-state index in [-0.39, 0.29) is 0 Å². The van der Waals surface area contributed by atoms with E-state index in [9.17, 15) is 4.79 Å². The Bertz CT molecular complexity index is 1330. The number of carbonyl (C=O) groups is 1. The number of nitrogens with two attached hydrogens (primary N) is 1. The normalized spacial score (nSPS) is 14.8. The van der Waals surface area contributed by atoms with Gasteiger partial charge in [0, 0.05) is 34.9 Å². The van der Waals surface area contributed by atoms with Gasteiger partial charge >= 0.3 is 0 Å². The fourth-order valence-corrected chi connectivity index (χ4v) is 4.82. The summed E-state index contributed by atoms with van der Waals surface area (Å²) >= 11 is 3.43. The van der Waals surface area contributed by atoms with Crippen LogP contribution in [0.4, 0.5) is 0 Å². The van der Waals surface area contributed by atoms with Crippen molar-refractivity contribution in [3.05, 3.63) is 82.7 Å². The number of piperidine rings is 1. The van der Waals surface area contributed by atoms with Crippen molar-refractivity contribution >= 4 is 27.5 Å². The third-order valence-electron chi connectivity index (χ3n) is 6.22. The summed E-state index contributed by atoms with van der Waals surface area (Å²) < 4.78 is 8.63. The fraction of sp³-hybridized carbons (Fsp3) is 0.231. The van der Waals surface area contributed by atoms with Gasteiger partial charge in [-0.15, -0.1) is 0 Å². The van der Waals surface area contributed by atoms with Gasteiger partial charge in [0.15, 0.2) is 11.3 Å². The summed E-state index contributed by atoms with van der Waals surface area (Å²) in [5.74, 6) is 1.31. The molecule has 7 nitrogen and oxygen atoms in total. The number of benzene rings is 2. The van der Waals surface area contributed by atoms with Crippen molar-refractivity contribution in [1.82, 2.24) is 19.5 Å². The molecular weight excluding hydrogens is 494 g/mol. The number of hydrogen-bond donors (Lipinski definition) is 2. The van der Waals surface area contributed by atoms with Crippen LogP contribution < -0.4 is 10.5 Å². The summed E-state index contributed by atoms with van der Waals surface area (Å²) in [4.78, 5) is 19.6. The van der Waals surface area contributed by atoms with Gasteiger partial charge in [-0.3, -0.25) is 9.89 Å². The topological polar surface area (TPSA) is 88.7 Å². The molecule has 1 aliphatic rings. The summed E-state index contributed by atoms with van der Waals surface area (Å²) in [6.45, 7) is 4.05. The van der Waals surface area contributed by atoms with Crippen LogP contribution in [-0.4, -0.2) is 38.5 Å². The number of halogens is 1. The first-order chi connectivity index (χ1) is 16.5. The van der Waals surface area contributed by atoms with Crippen molar-refractivity contribution in [3.8, 4) is 22.8 Å². The maximum atomic E-state index is 12.4. The zero-order chi connectivity index (χ0) is 23.7. The lowest BCUT2D eigenvalue weighted by molar-refractivity contribution is 0.0994. The number of aromatic amines is 1. The van der Waals surface area contributed by atoms with Crippen LogP contribution in [0, 0.1) is 0 Å². The number of hydrogen-bond acceptors (Lipinski definition) is 4. The number of amides is 1. The van der Waals surface area contributed by atoms with E-state index in [1.807, 2.05) is 61.7 Å². The third-order valence-corrected chi connectivity index (χ3v) is 6.75. The first kappa shape index (κ1) is 22.3. The predicted octanol–water partition coefficient (Wildman–Crippen LogP) is 5.70. The molecule has 1 aliphatic heterocycles. The molecule has 5 rings (SSSR count). The molecule has 4 aromatic rings. The molecule has 1 fully saturated rings. The summed E-state index contributed by atoms with van der Waals surface area (Å²) in [5, 5.41) is 3.21. The minimum Gasteiger partial charge on any atom is -0.457 e. The van der Waals surface area contributed by atoms with E-state index in [0.29, 0.717) is 23.1 Å². The second-order valence-corrected chi connectivity index (χ2v) is 9.35. The summed E-state index contributed by atoms with van der Waals surface area (Å²) in [7, 11) is 0. The number of nitrogens with zero attached hydrogens (tertiary/aromatic N) is 3. The largest absolute Gasteiger partial charge is 0.457 e. The van der Waals surface area contributed by atoms with Gasteiger partial charge in [-0.25, -0.2) is 9.50 Å². The Morgan fingerprint density at radius 3 is 2.38 bits per heavy atom. The Hall–Kier alpha value is -3.52. The van der Waals surface area contributed by atoms with E-state index in [2.05, 4.69) is 38.2 Å². The van der Waals surface area contributed by atoms with Crippen LogP contribution in [0.5, 0.6) is 11.5 Å². The van der Waals surface area contributed by atoms with E-state index in [4.69, 9.17) is 15.5 Å². The average molecular weight is 520 g/mol. The molecule has 2 aromatic carbocycles. The van der Waals surface area contributed by atoms with Crippen LogP contribution in [0.2, 0.25) is 0 Å². The smallest absolute Gasteiger partial charge is 0.269 e. The van der Waals surface area contributed by atoms with Crippen LogP contribution in [0.15, 0.2) is 71.5 Å². The Labute approximate surface area is 206 Å². The lowest BCUT2D eigenvalue weighted by Gasteiger charge is -2.30. The number of rotatable bonds is 6. The van der Waals surface area contributed by atoms with Gasteiger partial charge in [-0.05, 0) is 80.4 Å². The summed E-state index contributed by atoms with van der Waals surface area (Å²) in [5.41, 5.74) is 9.41. The van der Waals surface area contributed by atoms with Gasteiger partial charge in [-0.2, -0.15) is 0 Å². The summed E-state index contributed by atoms with van der Waals surface area (Å²) in [6.07, 6.45) is 8.25. The second kappa shape index (κ2) is 9.38. The number of aromatic nitrogens is 3. The molecule has 0 saturated carbocycles. The molecule has 0 radical (unpaired) electrons. The van der Waals surface area contributed by atoms with Gasteiger partial charge in [0.25, 0.3) is 5.91 Å². The Balaban J connectivity index is 1.43. The second-order valence-electron chi connectivity index (χ2n) is 8.43. The number of H-pyrrole nitrogens is 1. The molecule has 0 bridgehead atoms. The highest BCUT2D eigenvalue weighted by Crippen LogP contribution is 2.34. The lowest BCUT2D eigenvalue weighted by atomic mass is 9.91. The number of nitrogens with one attached hydrogen (secondary N) is 1. The van der Waals surface area contributed by atoms with Gasteiger partial charge in [0.2, 0.25) is 0 Å². The van der Waals surface area contributed by atoms with Crippen molar-refractivity contribution in [1.29, 1.82) is 0 Å². The predicted molar refractivity (Wildman–Crippen MR) is 136 cm³/mol. The third kappa shape index (κ3) is 4.33. The molecular formula is C26H26BrN5O2. The minimum atomic E-state index is -0.519. The molecule has 0 atom stereocenters. The molecule has 8 heteroatoms. The number of primary amides is 1. The van der Waals surface area contributed by atoms with Gasteiger partial charge in [-0.1, -0.05) is 22.0 Å². The van der Waals surface area contributed by atoms with Crippen LogP contribution in [0.1, 0.15) is 41.7 Å². The number of likely N-dealkylation sites (tertiary alicyclic amines) is 1. The van der Waals surface area contributed by atoms with Gasteiger partial charge in [0.05, 0.1) is 0 Å². The van der Waals surface area contributed by atoms with Crippen LogP contribution in [0.3, 0.4) is 0 Å². The SMILES string of the molecule is CC=CN1CCC(c2c[nH]n3c(C(N)=O)c(-c4ccc(Oc5ccc(Br)cc5)cc4)nc23)CC1. The highest BCUT2D eigenvalue weighted by molar-refractivity contribution is 9.10. The first-order valence-electron chi connectivity index (χ1n) is 11.3. The van der Waals surface area contributed by atoms with E-state index < -0.39 is 5.91 Å². The Kier molecular flexibility index (Phi) is 6.15. The highest BCUT2D eigenvalue weighted by Gasteiger charge is 2.27. The number of carbonyl (C=O) groups excluding carboxylic acids is 1. The zero-order valence-electron chi connectivity index (χ0n) is 18.9. The van der Waals surface area contributed by atoms with Gasteiger partial charge < -0.3 is 15.4 Å². The Morgan fingerprint density at radius 1 is 1.12 bits per heavy atom. The highest BCUT2D eigenvalue weighted by atomic mass is 79.9. The Morgan fingerprint density at radius 2 is 1.76 bits per heavy atom. The molecule has 1 amide bonds. The van der Waals surface area contributed by atoms with E-state index in [1.54, 1.807) is 4.52 Å². The van der Waals surface area contributed by atoms with E-state index in [1.165, 1.54) is 0 Å². The number of fused-ring (bicyclic) bond motifs is 1. The monoisotopic (exact) mass is 519 g/mol. The van der Waals surface area contributed by atoms with E-state index >= 15 is 0 Å². The van der Waals surface area contributed by atoms with E-state index in [0.717, 1.165) is 52.9 Å². The average Bonchev–Trinajstić information content (AvgIpc) is 3.41. The quantitative estimate of drug-likeness (QED) is 0.342. The molecule has 0 aliphatic carbocycles. The van der Waals surface area contributed by atoms with Crippen molar-refractivity contribution in [3.63, 3.8) is 0 Å². The molecule has 3 N–H and O–H groups in total. The van der Waals surface area contributed by atoms with Crippen molar-refractivity contribution in [2.75, 3.05) is 13.1 Å². The molecule has 0 spiro atoms. The number of allylic oxidation sites excluding steroid dienone is 1. The van der Waals surface area contributed by atoms with Crippen LogP contribution in [-0.2, 0) is 0 Å². The van der Waals surface area contributed by atoms with Crippen LogP contribution >= 0.6 is 15.9 Å². The molecule has 2 aromatic heterocycles. The molecule has 1 saturated heterocycles. The van der Waals surface area contributed by atoms with Crippen LogP contribution in [0.25, 0.3) is 16.9 Å². The zero-order valence-corrected chi connectivity index (χ0v) is 20.5. The van der Waals surface area contributed by atoms with Crippen molar-refractivity contribution in [2.45, 2.75) is 25.7 Å². The molecule has 3 heterocycles.